The molecule has 0 aliphatic carbocycles. The molecule has 0 saturated carbocycles. The minimum Gasteiger partial charge on any atom is -0.356 e. The number of nitrogens with one attached hydrogen (secondary N) is 2. The molecule has 2 saturated heterocycles. The van der Waals surface area contributed by atoms with Crippen LogP contribution in [0.15, 0.2) is 34.2 Å². The maximum absolute atomic E-state index is 12.9. The van der Waals surface area contributed by atoms with Crippen molar-refractivity contribution in [3.63, 3.8) is 0 Å². The van der Waals surface area contributed by atoms with Crippen LogP contribution in [0.25, 0.3) is 0 Å². The van der Waals surface area contributed by atoms with Gasteiger partial charge in [0.05, 0.1) is 4.90 Å². The molecule has 1 unspecified atom stereocenters. The van der Waals surface area contributed by atoms with Crippen LogP contribution in [0.4, 0.5) is 0 Å². The van der Waals surface area contributed by atoms with Gasteiger partial charge in [-0.2, -0.15) is 4.31 Å². The smallest absolute Gasteiger partial charge is 0.243 e. The van der Waals surface area contributed by atoms with Gasteiger partial charge >= 0.3 is 0 Å². The Labute approximate surface area is 211 Å². The largest absolute Gasteiger partial charge is 0.356 e. The monoisotopic (exact) mass is 577 g/mol. The van der Waals surface area contributed by atoms with Gasteiger partial charge in [-0.25, -0.2) is 8.42 Å². The van der Waals surface area contributed by atoms with Gasteiger partial charge in [0.15, 0.2) is 5.96 Å². The summed E-state index contributed by atoms with van der Waals surface area (Å²) in [6.07, 6.45) is 8.05. The molecule has 2 heterocycles. The first-order valence-electron chi connectivity index (χ1n) is 11.8. The van der Waals surface area contributed by atoms with E-state index < -0.39 is 10.0 Å². The molecule has 1 aromatic carbocycles. The van der Waals surface area contributed by atoms with Crippen molar-refractivity contribution in [2.45, 2.75) is 69.4 Å². The summed E-state index contributed by atoms with van der Waals surface area (Å²) in [5, 5.41) is 6.68. The van der Waals surface area contributed by atoms with Crippen LogP contribution in [-0.2, 0) is 16.6 Å². The highest BCUT2D eigenvalue weighted by molar-refractivity contribution is 14.0. The Morgan fingerprint density at radius 1 is 1.09 bits per heavy atom. The summed E-state index contributed by atoms with van der Waals surface area (Å²) in [6, 6.07) is 7.95. The Balaban J connectivity index is 0.00000363. The van der Waals surface area contributed by atoms with Crippen LogP contribution < -0.4 is 10.6 Å². The fraction of sp³-hybridized carbons (Fsp3) is 0.696. The van der Waals surface area contributed by atoms with Crippen LogP contribution in [0.5, 0.6) is 0 Å². The topological polar surface area (TPSA) is 77.0 Å². The highest BCUT2D eigenvalue weighted by atomic mass is 127. The zero-order valence-electron chi connectivity index (χ0n) is 19.6. The molecule has 1 atom stereocenters. The molecule has 0 spiro atoms. The van der Waals surface area contributed by atoms with Crippen molar-refractivity contribution in [1.29, 1.82) is 0 Å². The van der Waals surface area contributed by atoms with Crippen molar-refractivity contribution in [1.82, 2.24) is 19.8 Å². The number of benzene rings is 1. The number of guanidine groups is 1. The van der Waals surface area contributed by atoms with Crippen molar-refractivity contribution in [3.05, 3.63) is 29.8 Å². The molecule has 1 aromatic rings. The van der Waals surface area contributed by atoms with Gasteiger partial charge in [-0.1, -0.05) is 25.0 Å². The number of sulfonamides is 1. The zero-order valence-corrected chi connectivity index (χ0v) is 22.7. The van der Waals surface area contributed by atoms with E-state index in [1.165, 1.54) is 25.8 Å². The van der Waals surface area contributed by atoms with Gasteiger partial charge in [-0.3, -0.25) is 4.99 Å². The molecule has 9 heteroatoms. The maximum Gasteiger partial charge on any atom is 0.243 e. The van der Waals surface area contributed by atoms with E-state index in [0.29, 0.717) is 30.6 Å². The molecule has 2 N–H and O–H groups in total. The number of halogens is 1. The van der Waals surface area contributed by atoms with Crippen molar-refractivity contribution in [2.24, 2.45) is 4.99 Å². The second kappa shape index (κ2) is 13.7. The number of nitrogens with zero attached hydrogens (tertiary/aromatic N) is 3. The third kappa shape index (κ3) is 7.85. The lowest BCUT2D eigenvalue weighted by molar-refractivity contribution is 0.159. The van der Waals surface area contributed by atoms with Gasteiger partial charge in [0, 0.05) is 45.8 Å². The Hall–Kier alpha value is -0.910. The first-order chi connectivity index (χ1) is 15.0. The number of rotatable bonds is 8. The highest BCUT2D eigenvalue weighted by Crippen LogP contribution is 2.21. The number of likely N-dealkylation sites (tertiary alicyclic amines) is 1. The molecule has 182 valence electrons. The first-order valence-corrected chi connectivity index (χ1v) is 13.2. The van der Waals surface area contributed by atoms with Gasteiger partial charge in [-0.15, -0.1) is 24.0 Å². The lowest BCUT2D eigenvalue weighted by Crippen LogP contribution is -2.41. The van der Waals surface area contributed by atoms with E-state index in [-0.39, 0.29) is 24.0 Å². The van der Waals surface area contributed by atoms with Gasteiger partial charge in [0.1, 0.15) is 0 Å². The lowest BCUT2D eigenvalue weighted by atomic mass is 10.0. The SMILES string of the molecule is CN=C(NCCCN1CCCCC1C)NCc1cccc(S(=O)(=O)N2CCCCC2)c1.I. The molecule has 0 aromatic heterocycles. The zero-order chi connectivity index (χ0) is 22.1. The van der Waals surface area contributed by atoms with E-state index in [1.807, 2.05) is 12.1 Å². The Morgan fingerprint density at radius 2 is 1.84 bits per heavy atom. The van der Waals surface area contributed by atoms with Crippen LogP contribution >= 0.6 is 24.0 Å². The van der Waals surface area contributed by atoms with Gasteiger partial charge < -0.3 is 15.5 Å². The normalized spacial score (nSPS) is 21.1. The predicted octanol–water partition coefficient (Wildman–Crippen LogP) is 3.41. The summed E-state index contributed by atoms with van der Waals surface area (Å²) in [7, 11) is -1.64. The minimum absolute atomic E-state index is 0. The Bertz CT molecular complexity index is 827. The van der Waals surface area contributed by atoms with Crippen molar-refractivity contribution in [2.75, 3.05) is 39.8 Å². The van der Waals surface area contributed by atoms with Crippen LogP contribution in [0, 0.1) is 0 Å². The van der Waals surface area contributed by atoms with Crippen LogP contribution in [0.1, 0.15) is 57.4 Å². The fourth-order valence-electron chi connectivity index (χ4n) is 4.46. The molecule has 32 heavy (non-hydrogen) atoms. The number of hydrogen-bond acceptors (Lipinski definition) is 4. The maximum atomic E-state index is 12.9. The molecule has 0 bridgehead atoms. The second-order valence-electron chi connectivity index (χ2n) is 8.70. The summed E-state index contributed by atoms with van der Waals surface area (Å²) >= 11 is 0. The summed E-state index contributed by atoms with van der Waals surface area (Å²) < 4.78 is 27.5. The quantitative estimate of drug-likeness (QED) is 0.215. The molecule has 2 aliphatic heterocycles. The molecule has 2 aliphatic rings. The number of piperidine rings is 2. The number of hydrogen-bond donors (Lipinski definition) is 2. The highest BCUT2D eigenvalue weighted by Gasteiger charge is 2.26. The van der Waals surface area contributed by atoms with E-state index >= 15 is 0 Å². The van der Waals surface area contributed by atoms with Crippen molar-refractivity contribution in [3.8, 4) is 0 Å². The van der Waals surface area contributed by atoms with E-state index in [9.17, 15) is 8.42 Å². The van der Waals surface area contributed by atoms with Crippen LogP contribution in [0.2, 0.25) is 0 Å². The van der Waals surface area contributed by atoms with Crippen LogP contribution in [0.3, 0.4) is 0 Å². The Kier molecular flexibility index (Phi) is 11.7. The van der Waals surface area contributed by atoms with E-state index in [2.05, 4.69) is 27.4 Å². The van der Waals surface area contributed by atoms with Crippen molar-refractivity contribution < 1.29 is 8.42 Å². The fourth-order valence-corrected chi connectivity index (χ4v) is 6.04. The minimum atomic E-state index is -3.41. The molecule has 0 radical (unpaired) electrons. The van der Waals surface area contributed by atoms with Gasteiger partial charge in [0.2, 0.25) is 10.0 Å². The standard InChI is InChI=1S/C23H39N5O2S.HI/c1-20-10-4-7-14-27(20)15-9-13-25-23(24-2)26-19-21-11-8-12-22(18-21)31(29,30)28-16-5-3-6-17-28;/h8,11-12,18,20H,3-7,9-10,13-17,19H2,1-2H3,(H2,24,25,26);1H. The average Bonchev–Trinajstić information content (AvgIpc) is 2.80. The molecule has 2 fully saturated rings. The summed E-state index contributed by atoms with van der Waals surface area (Å²) in [5.74, 6) is 0.746. The third-order valence-electron chi connectivity index (χ3n) is 6.39. The second-order valence-corrected chi connectivity index (χ2v) is 10.6. The van der Waals surface area contributed by atoms with E-state index in [0.717, 1.165) is 50.3 Å². The molecular formula is C23H40IN5O2S. The average molecular weight is 578 g/mol. The number of aliphatic imine (C=N–C) groups is 1. The van der Waals surface area contributed by atoms with Gasteiger partial charge in [0.25, 0.3) is 0 Å². The molecule has 7 nitrogen and oxygen atoms in total. The first kappa shape index (κ1) is 27.3. The summed E-state index contributed by atoms with van der Waals surface area (Å²) in [6.45, 7) is 7.30. The predicted molar refractivity (Wildman–Crippen MR) is 142 cm³/mol. The molecule has 0 amide bonds. The summed E-state index contributed by atoms with van der Waals surface area (Å²) in [4.78, 5) is 7.26. The van der Waals surface area contributed by atoms with Crippen molar-refractivity contribution >= 4 is 40.0 Å². The van der Waals surface area contributed by atoms with E-state index in [1.54, 1.807) is 23.5 Å². The molecule has 3 rings (SSSR count). The van der Waals surface area contributed by atoms with E-state index in [4.69, 9.17) is 0 Å². The molecular weight excluding hydrogens is 537 g/mol. The Morgan fingerprint density at radius 3 is 2.56 bits per heavy atom. The van der Waals surface area contributed by atoms with Gasteiger partial charge in [-0.05, 0) is 63.3 Å². The summed E-state index contributed by atoms with van der Waals surface area (Å²) in [5.41, 5.74) is 0.933. The lowest BCUT2D eigenvalue weighted by Gasteiger charge is -2.33. The third-order valence-corrected chi connectivity index (χ3v) is 8.28. The van der Waals surface area contributed by atoms with Crippen LogP contribution in [-0.4, -0.2) is 69.4 Å².